The van der Waals surface area contributed by atoms with E-state index in [0.29, 0.717) is 17.0 Å². The quantitative estimate of drug-likeness (QED) is 0.863. The lowest BCUT2D eigenvalue weighted by molar-refractivity contribution is 0.194. The number of hydrogen-bond donors (Lipinski definition) is 2. The minimum Gasteiger partial charge on any atom is -0.506 e. The van der Waals surface area contributed by atoms with E-state index in [1.54, 1.807) is 19.1 Å². The highest BCUT2D eigenvalue weighted by atomic mass is 79.9. The molecule has 0 aliphatic rings. The fourth-order valence-corrected chi connectivity index (χ4v) is 1.97. The summed E-state index contributed by atoms with van der Waals surface area (Å²) >= 11 is 9.00. The van der Waals surface area contributed by atoms with Crippen LogP contribution in [0.5, 0.6) is 5.75 Å². The molecule has 4 heteroatoms. The van der Waals surface area contributed by atoms with Gasteiger partial charge in [-0.3, -0.25) is 0 Å². The Morgan fingerprint density at radius 3 is 2.69 bits per heavy atom. The summed E-state index contributed by atoms with van der Waals surface area (Å²) in [4.78, 5) is 0. The van der Waals surface area contributed by atoms with Crippen LogP contribution in [-0.4, -0.2) is 16.3 Å². The molecule has 0 spiro atoms. The fourth-order valence-electron chi connectivity index (χ4n) is 1.09. The Bertz CT molecular complexity index is 313. The monoisotopic (exact) mass is 264 g/mol. The summed E-state index contributed by atoms with van der Waals surface area (Å²) < 4.78 is 0.797. The highest BCUT2D eigenvalue weighted by molar-refractivity contribution is 9.10. The topological polar surface area (TPSA) is 40.5 Å². The number of rotatable bonds is 2. The van der Waals surface area contributed by atoms with Gasteiger partial charge in [-0.25, -0.2) is 0 Å². The van der Waals surface area contributed by atoms with Crippen molar-refractivity contribution >= 4 is 27.5 Å². The van der Waals surface area contributed by atoms with Gasteiger partial charge in [0.25, 0.3) is 0 Å². The van der Waals surface area contributed by atoms with E-state index in [-0.39, 0.29) is 5.75 Å². The maximum atomic E-state index is 9.51. The Labute approximate surface area is 90.3 Å². The molecule has 1 atom stereocenters. The van der Waals surface area contributed by atoms with E-state index in [1.807, 2.05) is 0 Å². The molecule has 0 aliphatic carbocycles. The third kappa shape index (κ3) is 2.86. The number of benzene rings is 1. The van der Waals surface area contributed by atoms with E-state index in [4.69, 9.17) is 16.7 Å². The van der Waals surface area contributed by atoms with Gasteiger partial charge < -0.3 is 10.2 Å². The van der Waals surface area contributed by atoms with Crippen molar-refractivity contribution in [3.8, 4) is 5.75 Å². The molecule has 0 radical (unpaired) electrons. The molecule has 1 unspecified atom stereocenters. The lowest BCUT2D eigenvalue weighted by Gasteiger charge is -2.08. The van der Waals surface area contributed by atoms with Gasteiger partial charge in [0.1, 0.15) is 5.75 Å². The summed E-state index contributed by atoms with van der Waals surface area (Å²) in [5.41, 5.74) is 0.648. The van der Waals surface area contributed by atoms with E-state index in [9.17, 15) is 5.11 Å². The van der Waals surface area contributed by atoms with Crippen LogP contribution in [0.25, 0.3) is 0 Å². The largest absolute Gasteiger partial charge is 0.506 e. The number of phenols is 1. The zero-order valence-electron chi connectivity index (χ0n) is 7.09. The SMILES string of the molecule is CC(O)Cc1cc(Br)cc(Cl)c1O. The highest BCUT2D eigenvalue weighted by Crippen LogP contribution is 2.31. The van der Waals surface area contributed by atoms with Crippen molar-refractivity contribution < 1.29 is 10.2 Å². The van der Waals surface area contributed by atoms with Gasteiger partial charge in [0.15, 0.2) is 0 Å². The minimum absolute atomic E-state index is 0.0470. The highest BCUT2D eigenvalue weighted by Gasteiger charge is 2.09. The number of aliphatic hydroxyl groups excluding tert-OH is 1. The molecule has 1 aromatic carbocycles. The summed E-state index contributed by atoms with van der Waals surface area (Å²) in [6, 6.07) is 3.36. The summed E-state index contributed by atoms with van der Waals surface area (Å²) in [6.07, 6.45) is -0.0957. The third-order valence-corrected chi connectivity index (χ3v) is 2.37. The minimum atomic E-state index is -0.490. The Kier molecular flexibility index (Phi) is 3.59. The standard InChI is InChI=1S/C9H10BrClO2/c1-5(12)2-6-3-7(10)4-8(11)9(6)13/h3-5,12-13H,2H2,1H3. The van der Waals surface area contributed by atoms with Crippen molar-refractivity contribution in [2.24, 2.45) is 0 Å². The van der Waals surface area contributed by atoms with Crippen molar-refractivity contribution in [2.45, 2.75) is 19.4 Å². The second kappa shape index (κ2) is 4.31. The van der Waals surface area contributed by atoms with Gasteiger partial charge in [-0.2, -0.15) is 0 Å². The van der Waals surface area contributed by atoms with Crippen LogP contribution in [0.15, 0.2) is 16.6 Å². The Morgan fingerprint density at radius 2 is 2.15 bits per heavy atom. The van der Waals surface area contributed by atoms with Gasteiger partial charge >= 0.3 is 0 Å². The molecule has 0 amide bonds. The Hall–Kier alpha value is -0.250. The zero-order valence-corrected chi connectivity index (χ0v) is 9.43. The summed E-state index contributed by atoms with van der Waals surface area (Å²) in [6.45, 7) is 1.66. The number of aliphatic hydroxyl groups is 1. The molecule has 0 saturated heterocycles. The molecular weight excluding hydrogens is 255 g/mol. The molecule has 2 nitrogen and oxygen atoms in total. The zero-order chi connectivity index (χ0) is 10.0. The van der Waals surface area contributed by atoms with E-state index < -0.39 is 6.10 Å². The molecule has 72 valence electrons. The predicted molar refractivity (Wildman–Crippen MR) is 56.2 cm³/mol. The van der Waals surface area contributed by atoms with Gasteiger partial charge in [-0.1, -0.05) is 27.5 Å². The average Bonchev–Trinajstić information content (AvgIpc) is 1.98. The predicted octanol–water partition coefficient (Wildman–Crippen LogP) is 2.73. The lowest BCUT2D eigenvalue weighted by atomic mass is 10.1. The van der Waals surface area contributed by atoms with Crippen LogP contribution >= 0.6 is 27.5 Å². The van der Waals surface area contributed by atoms with E-state index >= 15 is 0 Å². The number of phenolic OH excluding ortho intramolecular Hbond substituents is 1. The first kappa shape index (κ1) is 10.8. The Morgan fingerprint density at radius 1 is 1.54 bits per heavy atom. The van der Waals surface area contributed by atoms with Crippen molar-refractivity contribution in [3.05, 3.63) is 27.2 Å². The molecule has 0 saturated carbocycles. The van der Waals surface area contributed by atoms with Gasteiger partial charge in [0.2, 0.25) is 0 Å². The molecule has 1 rings (SSSR count). The van der Waals surface area contributed by atoms with E-state index in [1.165, 1.54) is 0 Å². The van der Waals surface area contributed by atoms with Gasteiger partial charge in [-0.05, 0) is 24.6 Å². The van der Waals surface area contributed by atoms with Crippen LogP contribution < -0.4 is 0 Å². The number of hydrogen-bond acceptors (Lipinski definition) is 2. The number of halogens is 2. The first-order valence-corrected chi connectivity index (χ1v) is 5.02. The summed E-state index contributed by atoms with van der Waals surface area (Å²) in [7, 11) is 0. The van der Waals surface area contributed by atoms with Crippen molar-refractivity contribution in [1.29, 1.82) is 0 Å². The van der Waals surface area contributed by atoms with E-state index in [0.717, 1.165) is 4.47 Å². The molecule has 1 aromatic rings. The normalized spacial score (nSPS) is 12.9. The number of aromatic hydroxyl groups is 1. The average molecular weight is 266 g/mol. The maximum absolute atomic E-state index is 9.51. The first-order chi connectivity index (χ1) is 6.00. The van der Waals surface area contributed by atoms with Crippen LogP contribution in [-0.2, 0) is 6.42 Å². The lowest BCUT2D eigenvalue weighted by Crippen LogP contribution is -2.04. The van der Waals surface area contributed by atoms with Crippen molar-refractivity contribution in [1.82, 2.24) is 0 Å². The first-order valence-electron chi connectivity index (χ1n) is 3.85. The smallest absolute Gasteiger partial charge is 0.137 e. The van der Waals surface area contributed by atoms with Crippen LogP contribution in [0, 0.1) is 0 Å². The maximum Gasteiger partial charge on any atom is 0.137 e. The van der Waals surface area contributed by atoms with Crippen LogP contribution in [0.2, 0.25) is 5.02 Å². The summed E-state index contributed by atoms with van der Waals surface area (Å²) in [5, 5.41) is 18.9. The molecule has 0 fully saturated rings. The molecule has 0 aromatic heterocycles. The summed E-state index contributed by atoms with van der Waals surface area (Å²) in [5.74, 6) is 0.0470. The van der Waals surface area contributed by atoms with Gasteiger partial charge in [0, 0.05) is 10.9 Å². The molecule has 0 bridgehead atoms. The van der Waals surface area contributed by atoms with Gasteiger partial charge in [0.05, 0.1) is 11.1 Å². The van der Waals surface area contributed by atoms with Crippen LogP contribution in [0.4, 0.5) is 0 Å². The van der Waals surface area contributed by atoms with Crippen molar-refractivity contribution in [3.63, 3.8) is 0 Å². The molecule has 0 aliphatic heterocycles. The molecule has 13 heavy (non-hydrogen) atoms. The van der Waals surface area contributed by atoms with Crippen LogP contribution in [0.3, 0.4) is 0 Å². The molecular formula is C9H10BrClO2. The van der Waals surface area contributed by atoms with E-state index in [2.05, 4.69) is 15.9 Å². The molecule has 2 N–H and O–H groups in total. The fraction of sp³-hybridized carbons (Fsp3) is 0.333. The second-order valence-corrected chi connectivity index (χ2v) is 4.27. The molecule has 0 heterocycles. The van der Waals surface area contributed by atoms with Crippen molar-refractivity contribution in [2.75, 3.05) is 0 Å². The van der Waals surface area contributed by atoms with Crippen LogP contribution in [0.1, 0.15) is 12.5 Å². The Balaban J connectivity index is 3.05. The second-order valence-electron chi connectivity index (χ2n) is 2.95. The van der Waals surface area contributed by atoms with Gasteiger partial charge in [-0.15, -0.1) is 0 Å². The third-order valence-electron chi connectivity index (χ3n) is 1.62.